The molecule has 2 aromatic rings. The van der Waals surface area contributed by atoms with E-state index >= 15 is 0 Å². The molecule has 12 heteroatoms. The molecule has 12 nitrogen and oxygen atoms in total. The van der Waals surface area contributed by atoms with Crippen LogP contribution in [0.2, 0.25) is 0 Å². The summed E-state index contributed by atoms with van der Waals surface area (Å²) < 4.78 is 16.6. The molecule has 1 heterocycles. The van der Waals surface area contributed by atoms with Gasteiger partial charge in [0.1, 0.15) is 12.2 Å². The van der Waals surface area contributed by atoms with Crippen molar-refractivity contribution in [2.75, 3.05) is 26.8 Å². The lowest BCUT2D eigenvalue weighted by atomic mass is 9.88. The van der Waals surface area contributed by atoms with Crippen molar-refractivity contribution < 1.29 is 43.9 Å². The van der Waals surface area contributed by atoms with Crippen LogP contribution in [0.1, 0.15) is 43.0 Å². The summed E-state index contributed by atoms with van der Waals surface area (Å²) in [5.41, 5.74) is 7.78. The largest absolute Gasteiger partial charge is 0.465 e. The highest BCUT2D eigenvalue weighted by Gasteiger charge is 2.56. The number of esters is 1. The Morgan fingerprint density at radius 1 is 1.05 bits per heavy atom. The Bertz CT molecular complexity index is 1160. The molecule has 0 radical (unpaired) electrons. The Kier molecular flexibility index (Phi) is 12.4. The molecule has 1 saturated heterocycles. The van der Waals surface area contributed by atoms with Crippen LogP contribution in [-0.4, -0.2) is 96.2 Å². The number of aliphatic hydroxyl groups is 3. The van der Waals surface area contributed by atoms with E-state index in [1.54, 1.807) is 24.3 Å². The lowest BCUT2D eigenvalue weighted by Gasteiger charge is -2.47. The normalized spacial score (nSPS) is 23.4. The van der Waals surface area contributed by atoms with E-state index in [9.17, 15) is 29.7 Å². The topological polar surface area (TPSA) is 190 Å². The monoisotopic (exact) mass is 587 g/mol. The summed E-state index contributed by atoms with van der Waals surface area (Å²) in [7, 11) is 1.12. The van der Waals surface area contributed by atoms with Gasteiger partial charge in [-0.3, -0.25) is 9.59 Å². The number of nitrogens with two attached hydrogens (primary N) is 1. The van der Waals surface area contributed by atoms with E-state index in [1.165, 1.54) is 6.92 Å². The zero-order valence-corrected chi connectivity index (χ0v) is 23.9. The van der Waals surface area contributed by atoms with Crippen molar-refractivity contribution in [3.63, 3.8) is 0 Å². The maximum Gasteiger partial charge on any atom is 0.366 e. The van der Waals surface area contributed by atoms with Crippen LogP contribution in [0.3, 0.4) is 0 Å². The standard InChI is InChI=1S/C30H41N3O9/c1-19(34)33-25-23(35)17-30(29(39)40-2,41-16-8-4-7-15-31)42-27(25)26(37)24(36)18-32-28(38)22-13-11-21(12-14-22)20-9-5-3-6-10-20/h3,5-6,9-14,23-27,35-37H,4,7-8,15-18,31H2,1-2H3,(H,32,38)(H,33,34)/t23?,24-,25?,26+,27?,30?/m1/s1. The molecule has 0 saturated carbocycles. The minimum atomic E-state index is -2.10. The number of rotatable bonds is 14. The molecule has 42 heavy (non-hydrogen) atoms. The Morgan fingerprint density at radius 3 is 2.33 bits per heavy atom. The van der Waals surface area contributed by atoms with Crippen LogP contribution in [0, 0.1) is 0 Å². The molecule has 1 aliphatic rings. The van der Waals surface area contributed by atoms with Crippen molar-refractivity contribution in [1.82, 2.24) is 10.6 Å². The third kappa shape index (κ3) is 8.57. The predicted octanol–water partition coefficient (Wildman–Crippen LogP) is 0.475. The van der Waals surface area contributed by atoms with Gasteiger partial charge in [-0.25, -0.2) is 4.79 Å². The Balaban J connectivity index is 1.71. The quantitative estimate of drug-likeness (QED) is 0.134. The average molecular weight is 588 g/mol. The molecule has 0 spiro atoms. The van der Waals surface area contributed by atoms with Crippen molar-refractivity contribution in [3.8, 4) is 11.1 Å². The number of carbonyl (C=O) groups is 3. The van der Waals surface area contributed by atoms with Crippen LogP contribution in [0.5, 0.6) is 0 Å². The molecule has 0 aliphatic carbocycles. The van der Waals surface area contributed by atoms with Gasteiger partial charge < -0.3 is 45.9 Å². The molecule has 3 rings (SSSR count). The van der Waals surface area contributed by atoms with E-state index in [-0.39, 0.29) is 6.61 Å². The summed E-state index contributed by atoms with van der Waals surface area (Å²) in [5.74, 6) is -4.06. The second-order valence-corrected chi connectivity index (χ2v) is 10.2. The van der Waals surface area contributed by atoms with Gasteiger partial charge in [0.25, 0.3) is 11.7 Å². The highest BCUT2D eigenvalue weighted by molar-refractivity contribution is 5.94. The zero-order chi connectivity index (χ0) is 30.7. The van der Waals surface area contributed by atoms with Crippen LogP contribution in [0.4, 0.5) is 0 Å². The molecule has 230 valence electrons. The van der Waals surface area contributed by atoms with Gasteiger partial charge in [-0.05, 0) is 49.1 Å². The molecule has 4 unspecified atom stereocenters. The summed E-state index contributed by atoms with van der Waals surface area (Å²) in [4.78, 5) is 37.5. The van der Waals surface area contributed by atoms with Crippen LogP contribution >= 0.6 is 0 Å². The summed E-state index contributed by atoms with van der Waals surface area (Å²) in [6.45, 7) is 1.38. The minimum absolute atomic E-state index is 0.0666. The third-order valence-electron chi connectivity index (χ3n) is 7.08. The fourth-order valence-corrected chi connectivity index (χ4v) is 4.84. The van der Waals surface area contributed by atoms with Crippen molar-refractivity contribution >= 4 is 17.8 Å². The molecular weight excluding hydrogens is 546 g/mol. The molecule has 2 aromatic carbocycles. The predicted molar refractivity (Wildman–Crippen MR) is 153 cm³/mol. The first-order valence-electron chi connectivity index (χ1n) is 14.0. The smallest absolute Gasteiger partial charge is 0.366 e. The molecule has 0 aromatic heterocycles. The van der Waals surface area contributed by atoms with Gasteiger partial charge in [0.2, 0.25) is 5.91 Å². The highest BCUT2D eigenvalue weighted by Crippen LogP contribution is 2.34. The minimum Gasteiger partial charge on any atom is -0.465 e. The van der Waals surface area contributed by atoms with Crippen LogP contribution in [0.25, 0.3) is 11.1 Å². The van der Waals surface area contributed by atoms with Crippen LogP contribution in [-0.2, 0) is 23.8 Å². The summed E-state index contributed by atoms with van der Waals surface area (Å²) in [5, 5.41) is 38.0. The molecule has 1 aliphatic heterocycles. The number of hydrogen-bond acceptors (Lipinski definition) is 10. The second kappa shape index (κ2) is 15.7. The van der Waals surface area contributed by atoms with E-state index in [1.807, 2.05) is 30.3 Å². The average Bonchev–Trinajstić information content (AvgIpc) is 3.00. The lowest BCUT2D eigenvalue weighted by molar-refractivity contribution is -0.311. The number of ether oxygens (including phenoxy) is 3. The number of methoxy groups -OCH3 is 1. The Labute approximate surface area is 245 Å². The van der Waals surface area contributed by atoms with Crippen LogP contribution < -0.4 is 16.4 Å². The van der Waals surface area contributed by atoms with E-state index in [2.05, 4.69) is 10.6 Å². The number of amides is 2. The molecule has 1 fully saturated rings. The van der Waals surface area contributed by atoms with E-state index in [0.717, 1.165) is 31.1 Å². The van der Waals surface area contributed by atoms with Crippen molar-refractivity contribution in [2.45, 2.75) is 68.9 Å². The number of nitrogens with one attached hydrogen (secondary N) is 2. The van der Waals surface area contributed by atoms with E-state index in [0.29, 0.717) is 18.5 Å². The highest BCUT2D eigenvalue weighted by atomic mass is 16.7. The molecule has 0 bridgehead atoms. The second-order valence-electron chi connectivity index (χ2n) is 10.2. The first-order chi connectivity index (χ1) is 20.1. The van der Waals surface area contributed by atoms with Crippen molar-refractivity contribution in [2.24, 2.45) is 5.73 Å². The van der Waals surface area contributed by atoms with Gasteiger partial charge in [0.15, 0.2) is 0 Å². The van der Waals surface area contributed by atoms with Gasteiger partial charge in [-0.1, -0.05) is 42.5 Å². The van der Waals surface area contributed by atoms with Gasteiger partial charge in [0.05, 0.1) is 32.0 Å². The van der Waals surface area contributed by atoms with Gasteiger partial charge >= 0.3 is 5.97 Å². The molecule has 7 N–H and O–H groups in total. The van der Waals surface area contributed by atoms with Gasteiger partial charge in [-0.2, -0.15) is 0 Å². The van der Waals surface area contributed by atoms with Gasteiger partial charge in [0, 0.05) is 25.5 Å². The summed E-state index contributed by atoms with van der Waals surface area (Å²) >= 11 is 0. The number of hydrogen-bond donors (Lipinski definition) is 6. The van der Waals surface area contributed by atoms with Crippen molar-refractivity contribution in [3.05, 3.63) is 60.2 Å². The lowest BCUT2D eigenvalue weighted by Crippen LogP contribution is -2.68. The van der Waals surface area contributed by atoms with Crippen LogP contribution in [0.15, 0.2) is 54.6 Å². The van der Waals surface area contributed by atoms with E-state index in [4.69, 9.17) is 19.9 Å². The zero-order valence-electron chi connectivity index (χ0n) is 23.9. The number of unbranched alkanes of at least 4 members (excludes halogenated alkanes) is 2. The fourth-order valence-electron chi connectivity index (χ4n) is 4.84. The fraction of sp³-hybridized carbons (Fsp3) is 0.500. The Hall–Kier alpha value is -3.39. The molecular formula is C30H41N3O9. The maximum atomic E-state index is 12.8. The van der Waals surface area contributed by atoms with Crippen molar-refractivity contribution in [1.29, 1.82) is 0 Å². The SMILES string of the molecule is COC(=O)C1(OCCCCCN)CC(O)C(NC(C)=O)C([C@@H](O)[C@H](O)CNC(=O)c2ccc(-c3ccccc3)cc2)O1. The Morgan fingerprint density at radius 2 is 1.71 bits per heavy atom. The van der Waals surface area contributed by atoms with E-state index < -0.39 is 67.0 Å². The first-order valence-corrected chi connectivity index (χ1v) is 14.0. The number of carbonyl (C=O) groups excluding carboxylic acids is 3. The third-order valence-corrected chi connectivity index (χ3v) is 7.08. The summed E-state index contributed by atoms with van der Waals surface area (Å²) in [6.07, 6.45) is -4.65. The first kappa shape index (κ1) is 33.1. The van der Waals surface area contributed by atoms with Gasteiger partial charge in [-0.15, -0.1) is 0 Å². The number of aliphatic hydroxyl groups excluding tert-OH is 3. The molecule has 2 amide bonds. The summed E-state index contributed by atoms with van der Waals surface area (Å²) in [6, 6.07) is 15.3. The molecule has 6 atom stereocenters. The maximum absolute atomic E-state index is 12.8. The number of benzene rings is 2.